The first-order valence-corrected chi connectivity index (χ1v) is 16.2. The summed E-state index contributed by atoms with van der Waals surface area (Å²) in [4.78, 5) is 0. The van der Waals surface area contributed by atoms with Crippen molar-refractivity contribution in [3.05, 3.63) is 106 Å². The molecule has 3 heterocycles. The molecule has 0 saturated carbocycles. The van der Waals surface area contributed by atoms with Crippen LogP contribution in [0.5, 0.6) is 0 Å². The Morgan fingerprint density at radius 1 is 0.442 bits per heavy atom. The molecular weight excluding hydrogens is 534 g/mol. The number of hydrogen-bond donors (Lipinski definition) is 0. The first-order chi connectivity index (χ1) is 20.1. The van der Waals surface area contributed by atoms with Gasteiger partial charge in [-0.15, -0.1) is 0 Å². The monoisotopic (exact) mass is 608 g/mol. The summed E-state index contributed by atoms with van der Waals surface area (Å²) in [5.41, 5.74) is 3.10. The fourth-order valence-corrected chi connectivity index (χ4v) is 2.51. The van der Waals surface area contributed by atoms with Crippen molar-refractivity contribution in [3.8, 4) is 0 Å². The Kier molecular flexibility index (Phi) is 56.1. The van der Waals surface area contributed by atoms with E-state index in [1.54, 1.807) is 18.3 Å². The molecule has 43 heavy (non-hydrogen) atoms. The molecule has 0 aliphatic carbocycles. The van der Waals surface area contributed by atoms with Crippen LogP contribution in [0.2, 0.25) is 0 Å². The Bertz CT molecular complexity index is 882. The van der Waals surface area contributed by atoms with Gasteiger partial charge in [-0.1, -0.05) is 138 Å². The second-order valence-electron chi connectivity index (χ2n) is 7.90. The highest BCUT2D eigenvalue weighted by molar-refractivity contribution is 5.11. The van der Waals surface area contributed by atoms with E-state index < -0.39 is 0 Å². The predicted octanol–water partition coefficient (Wildman–Crippen LogP) is 11.1. The van der Waals surface area contributed by atoms with E-state index in [4.69, 9.17) is 0 Å². The Morgan fingerprint density at radius 3 is 1.14 bits per heavy atom. The largest absolute Gasteiger partial charge is 0.619 e. The van der Waals surface area contributed by atoms with Crippen molar-refractivity contribution >= 4 is 0 Å². The Morgan fingerprint density at radius 2 is 0.860 bits per heavy atom. The third-order valence-electron chi connectivity index (χ3n) is 4.40. The molecule has 3 rings (SSSR count). The third-order valence-corrected chi connectivity index (χ3v) is 4.40. The molecular formula is C37H73N3O3. The quantitative estimate of drug-likeness (QED) is 0.219. The van der Waals surface area contributed by atoms with Gasteiger partial charge in [0.05, 0.1) is 0 Å². The lowest BCUT2D eigenvalue weighted by atomic mass is 10.1. The highest BCUT2D eigenvalue weighted by Gasteiger charge is 2.06. The van der Waals surface area contributed by atoms with Crippen molar-refractivity contribution in [1.29, 1.82) is 0 Å². The predicted molar refractivity (Wildman–Crippen MR) is 193 cm³/mol. The van der Waals surface area contributed by atoms with Gasteiger partial charge in [0.1, 0.15) is 0 Å². The van der Waals surface area contributed by atoms with Gasteiger partial charge in [0, 0.05) is 41.8 Å². The fourth-order valence-electron chi connectivity index (χ4n) is 2.51. The van der Waals surface area contributed by atoms with Gasteiger partial charge in [0.25, 0.3) is 0 Å². The van der Waals surface area contributed by atoms with Crippen molar-refractivity contribution in [1.82, 2.24) is 0 Å². The van der Waals surface area contributed by atoms with Gasteiger partial charge >= 0.3 is 0 Å². The maximum Gasteiger partial charge on any atom is 0.195 e. The number of nitrogens with zero attached hydrogens (tertiary/aromatic N) is 3. The van der Waals surface area contributed by atoms with Crippen LogP contribution in [-0.4, -0.2) is 0 Å². The first kappa shape index (κ1) is 55.7. The molecule has 0 aliphatic rings. The molecule has 0 fully saturated rings. The second kappa shape index (κ2) is 43.3. The summed E-state index contributed by atoms with van der Waals surface area (Å²) in [6, 6.07) is 12.9. The SMILES string of the molecule is C.CC.CC.CC.CC.CC.CC.CC(C)c1cc[n+]([O-])cc1.CC(C)c1ccc[n+]([O-])c1.CC(C)c1cccc[n+]1[O-]. The van der Waals surface area contributed by atoms with E-state index in [1.165, 1.54) is 30.4 Å². The lowest BCUT2D eigenvalue weighted by Gasteiger charge is -2.04. The van der Waals surface area contributed by atoms with Gasteiger partial charge in [-0.05, 0) is 23.5 Å². The summed E-state index contributed by atoms with van der Waals surface area (Å²) in [7, 11) is 0. The maximum absolute atomic E-state index is 11.0. The normalized spacial score (nSPS) is 8.02. The molecule has 3 aromatic rings. The van der Waals surface area contributed by atoms with Crippen LogP contribution in [-0.2, 0) is 0 Å². The van der Waals surface area contributed by atoms with E-state index in [1.807, 2.05) is 127 Å². The van der Waals surface area contributed by atoms with Crippen LogP contribution in [0.15, 0.2) is 73.4 Å². The van der Waals surface area contributed by atoms with Gasteiger partial charge in [0.15, 0.2) is 36.7 Å². The van der Waals surface area contributed by atoms with E-state index in [0.717, 1.165) is 25.4 Å². The molecule has 0 radical (unpaired) electrons. The van der Waals surface area contributed by atoms with Crippen molar-refractivity contribution in [2.75, 3.05) is 0 Å². The molecule has 6 heteroatoms. The molecule has 0 aliphatic heterocycles. The van der Waals surface area contributed by atoms with Crippen LogP contribution in [0.3, 0.4) is 0 Å². The van der Waals surface area contributed by atoms with Crippen LogP contribution in [0.25, 0.3) is 0 Å². The molecule has 0 spiro atoms. The smallest absolute Gasteiger partial charge is 0.195 e. The molecule has 0 amide bonds. The minimum absolute atomic E-state index is 0. The van der Waals surface area contributed by atoms with E-state index in [0.29, 0.717) is 17.8 Å². The highest BCUT2D eigenvalue weighted by Crippen LogP contribution is 2.11. The number of aromatic nitrogens is 3. The summed E-state index contributed by atoms with van der Waals surface area (Å²) in [5.74, 6) is 1.24. The lowest BCUT2D eigenvalue weighted by molar-refractivity contribution is -0.615. The molecule has 6 nitrogen and oxygen atoms in total. The number of pyridine rings is 3. The summed E-state index contributed by atoms with van der Waals surface area (Å²) in [6.07, 6.45) is 7.66. The van der Waals surface area contributed by atoms with Crippen LogP contribution < -0.4 is 14.2 Å². The third kappa shape index (κ3) is 33.2. The second-order valence-corrected chi connectivity index (χ2v) is 7.90. The topological polar surface area (TPSA) is 80.8 Å². The van der Waals surface area contributed by atoms with E-state index in [2.05, 4.69) is 27.7 Å². The molecule has 0 atom stereocenters. The van der Waals surface area contributed by atoms with Gasteiger partial charge in [-0.25, -0.2) is 0 Å². The summed E-state index contributed by atoms with van der Waals surface area (Å²) in [6.45, 7) is 36.3. The zero-order chi connectivity index (χ0) is 34.7. The average Bonchev–Trinajstić information content (AvgIpc) is 3.04. The molecule has 0 saturated heterocycles. The van der Waals surface area contributed by atoms with Gasteiger partial charge in [-0.2, -0.15) is 14.2 Å². The molecule has 254 valence electrons. The van der Waals surface area contributed by atoms with E-state index in [-0.39, 0.29) is 7.43 Å². The number of rotatable bonds is 3. The van der Waals surface area contributed by atoms with Crippen molar-refractivity contribution in [2.45, 2.75) is 150 Å². The molecule has 0 bridgehead atoms. The van der Waals surface area contributed by atoms with Crippen LogP contribution in [0, 0.1) is 15.6 Å². The summed E-state index contributed by atoms with van der Waals surface area (Å²) < 4.78 is 2.53. The maximum atomic E-state index is 11.0. The lowest BCUT2D eigenvalue weighted by Crippen LogP contribution is -2.31. The van der Waals surface area contributed by atoms with Crippen LogP contribution in [0.4, 0.5) is 0 Å². The van der Waals surface area contributed by atoms with E-state index in [9.17, 15) is 15.6 Å². The zero-order valence-corrected chi connectivity index (χ0v) is 30.7. The van der Waals surface area contributed by atoms with Crippen molar-refractivity contribution < 1.29 is 14.2 Å². The zero-order valence-electron chi connectivity index (χ0n) is 30.7. The molecule has 0 unspecified atom stereocenters. The van der Waals surface area contributed by atoms with E-state index >= 15 is 0 Å². The fraction of sp³-hybridized carbons (Fsp3) is 0.595. The average molecular weight is 608 g/mol. The first-order valence-electron chi connectivity index (χ1n) is 16.2. The standard InChI is InChI=1S/3C8H11NO.6C2H6.CH4/c1-7(2)8-3-5-9(10)6-4-8;1-7(2)8-4-3-5-9(10)6-8;1-7(2)8-5-3-4-6-9(8)10;6*1-2;/h3*3-7H,1-2H3;6*1-2H3;1H4. The Labute approximate surface area is 269 Å². The van der Waals surface area contributed by atoms with Crippen molar-refractivity contribution in [2.24, 2.45) is 0 Å². The van der Waals surface area contributed by atoms with Crippen molar-refractivity contribution in [3.63, 3.8) is 0 Å². The van der Waals surface area contributed by atoms with Gasteiger partial charge in [0.2, 0.25) is 0 Å². The molecule has 0 N–H and O–H groups in total. The minimum Gasteiger partial charge on any atom is -0.619 e. The molecule has 3 aromatic heterocycles. The number of hydrogen-bond acceptors (Lipinski definition) is 3. The summed E-state index contributed by atoms with van der Waals surface area (Å²) in [5, 5.41) is 32.2. The van der Waals surface area contributed by atoms with Gasteiger partial charge < -0.3 is 15.6 Å². The summed E-state index contributed by atoms with van der Waals surface area (Å²) >= 11 is 0. The minimum atomic E-state index is 0. The Hall–Kier alpha value is -3.15. The van der Waals surface area contributed by atoms with Crippen LogP contribution >= 0.6 is 0 Å². The highest BCUT2D eigenvalue weighted by atomic mass is 16.5. The Balaban J connectivity index is -0.0000000760. The van der Waals surface area contributed by atoms with Gasteiger partial charge in [-0.3, -0.25) is 0 Å². The molecule has 0 aromatic carbocycles. The van der Waals surface area contributed by atoms with Crippen LogP contribution in [0.1, 0.15) is 167 Å².